The van der Waals surface area contributed by atoms with Crippen molar-refractivity contribution >= 4 is 41.0 Å². The first-order valence-corrected chi connectivity index (χ1v) is 18.7. The van der Waals surface area contributed by atoms with Crippen LogP contribution in [-0.4, -0.2) is 94.0 Å². The Kier molecular flexibility index (Phi) is 11.0. The van der Waals surface area contributed by atoms with Crippen LogP contribution in [0.3, 0.4) is 0 Å². The molecule has 6 aromatic rings. The summed E-state index contributed by atoms with van der Waals surface area (Å²) in [6.07, 6.45) is 0.472. The number of aromatic nitrogens is 4. The van der Waals surface area contributed by atoms with Crippen molar-refractivity contribution in [2.45, 2.75) is 30.7 Å². The molecule has 0 unspecified atom stereocenters. The second-order valence-electron chi connectivity index (χ2n) is 13.8. The molecule has 0 saturated carbocycles. The Balaban J connectivity index is 0.944. The number of imidazole rings is 1. The van der Waals surface area contributed by atoms with Crippen LogP contribution in [0.1, 0.15) is 34.3 Å². The van der Waals surface area contributed by atoms with Crippen molar-refractivity contribution in [1.29, 1.82) is 0 Å². The zero-order chi connectivity index (χ0) is 40.0. The van der Waals surface area contributed by atoms with Crippen molar-refractivity contribution in [1.82, 2.24) is 29.7 Å². The third-order valence-corrected chi connectivity index (χ3v) is 10.3. The highest BCUT2D eigenvalue weighted by Crippen LogP contribution is 2.44. The number of nitrogens with zero attached hydrogens (tertiary/aromatic N) is 5. The van der Waals surface area contributed by atoms with Crippen molar-refractivity contribution in [3.63, 3.8) is 0 Å². The van der Waals surface area contributed by atoms with Gasteiger partial charge in [-0.1, -0.05) is 109 Å². The van der Waals surface area contributed by atoms with Gasteiger partial charge in [-0.25, -0.2) is 24.5 Å². The van der Waals surface area contributed by atoms with Gasteiger partial charge in [0, 0.05) is 5.92 Å². The van der Waals surface area contributed by atoms with E-state index < -0.39 is 48.8 Å². The number of hydrogen-bond acceptors (Lipinski definition) is 11. The molecule has 4 aromatic carbocycles. The van der Waals surface area contributed by atoms with Crippen LogP contribution >= 0.6 is 0 Å². The lowest BCUT2D eigenvalue weighted by molar-refractivity contribution is -0.149. The summed E-state index contributed by atoms with van der Waals surface area (Å²) in [7, 11) is 1.23. The first kappa shape index (κ1) is 37.8. The minimum Gasteiger partial charge on any atom is -0.468 e. The summed E-state index contributed by atoms with van der Waals surface area (Å²) in [6.45, 7) is -0.467. The Morgan fingerprint density at radius 2 is 1.45 bits per heavy atom. The SMILES string of the molecule is COC(=O)CN(C(=O)Cn1cnc2c(NC(=O)OC(c3ccccc3)c3ccccc3)ncnc21)[C@H]1COC[C@@H]1NC(=O)OCC1c2ccccc2-c2ccccc21. The normalized spacial score (nSPS) is 15.7. The molecule has 0 bridgehead atoms. The molecule has 2 aliphatic rings. The van der Waals surface area contributed by atoms with Gasteiger partial charge < -0.3 is 33.7 Å². The van der Waals surface area contributed by atoms with Crippen LogP contribution in [0.4, 0.5) is 15.4 Å². The molecule has 1 saturated heterocycles. The fourth-order valence-corrected chi connectivity index (χ4v) is 7.52. The summed E-state index contributed by atoms with van der Waals surface area (Å²) >= 11 is 0. The molecule has 15 nitrogen and oxygen atoms in total. The van der Waals surface area contributed by atoms with Gasteiger partial charge in [-0.15, -0.1) is 0 Å². The number of fused-ring (bicyclic) bond motifs is 4. The van der Waals surface area contributed by atoms with Crippen molar-refractivity contribution < 1.29 is 38.1 Å². The van der Waals surface area contributed by atoms with Crippen LogP contribution in [0, 0.1) is 0 Å². The van der Waals surface area contributed by atoms with Gasteiger partial charge in [0.2, 0.25) is 5.91 Å². The lowest BCUT2D eigenvalue weighted by Crippen LogP contribution is -2.55. The minimum atomic E-state index is -0.774. The fourth-order valence-electron chi connectivity index (χ4n) is 7.52. The number of nitrogens with one attached hydrogen (secondary N) is 2. The van der Waals surface area contributed by atoms with Crippen molar-refractivity contribution in [2.75, 3.05) is 38.8 Å². The van der Waals surface area contributed by atoms with Crippen molar-refractivity contribution in [2.24, 2.45) is 0 Å². The number of hydrogen-bond donors (Lipinski definition) is 2. The largest absolute Gasteiger partial charge is 0.468 e. The summed E-state index contributed by atoms with van der Waals surface area (Å²) < 4.78 is 23.8. The Labute approximate surface area is 332 Å². The molecule has 2 atom stereocenters. The topological polar surface area (TPSA) is 176 Å². The zero-order valence-corrected chi connectivity index (χ0v) is 31.4. The number of carbonyl (C=O) groups excluding carboxylic acids is 4. The molecule has 2 N–H and O–H groups in total. The summed E-state index contributed by atoms with van der Waals surface area (Å²) in [6, 6.07) is 33.3. The van der Waals surface area contributed by atoms with Gasteiger partial charge in [0.25, 0.3) is 0 Å². The van der Waals surface area contributed by atoms with Crippen molar-refractivity contribution in [3.8, 4) is 11.1 Å². The van der Waals surface area contributed by atoms with Gasteiger partial charge in [0.1, 0.15) is 26.0 Å². The zero-order valence-electron chi connectivity index (χ0n) is 31.4. The number of esters is 1. The molecular weight excluding hydrogens is 743 g/mol. The molecule has 0 spiro atoms. The van der Waals surface area contributed by atoms with Crippen LogP contribution < -0.4 is 10.6 Å². The van der Waals surface area contributed by atoms with Crippen LogP contribution in [-0.2, 0) is 35.1 Å². The van der Waals surface area contributed by atoms with E-state index in [1.54, 1.807) is 0 Å². The molecule has 0 radical (unpaired) electrons. The number of ether oxygens (including phenoxy) is 4. The molecule has 2 aromatic heterocycles. The molecular formula is C43H39N7O8. The van der Waals surface area contributed by atoms with E-state index in [2.05, 4.69) is 37.7 Å². The Bertz CT molecular complexity index is 2360. The smallest absolute Gasteiger partial charge is 0.413 e. The van der Waals surface area contributed by atoms with E-state index in [-0.39, 0.29) is 49.3 Å². The van der Waals surface area contributed by atoms with E-state index in [0.29, 0.717) is 0 Å². The number of methoxy groups -OCH3 is 1. The van der Waals surface area contributed by atoms with E-state index in [0.717, 1.165) is 33.4 Å². The van der Waals surface area contributed by atoms with E-state index in [9.17, 15) is 19.2 Å². The number of rotatable bonds is 12. The number of amides is 3. The standard InChI is InChI=1S/C43H39N7O8/c1-55-37(52)21-50(35-24-56-23-34(35)47-42(53)57-22-33-31-18-10-8-16-29(31)30-17-9-11-19-32(30)33)36(51)20-49-26-46-38-40(44-25-45-41(38)49)48-43(54)58-39(27-12-4-2-5-13-27)28-14-6-3-7-15-28/h2-19,25-26,33-35,39H,20-24H2,1H3,(H,47,53)(H,44,45,48,54)/t34-,35-/m0/s1. The van der Waals surface area contributed by atoms with Gasteiger partial charge >= 0.3 is 18.2 Å². The summed E-state index contributed by atoms with van der Waals surface area (Å²) in [5.41, 5.74) is 6.38. The first-order chi connectivity index (χ1) is 28.4. The molecule has 294 valence electrons. The summed E-state index contributed by atoms with van der Waals surface area (Å²) in [5, 5.41) is 5.52. The highest BCUT2D eigenvalue weighted by molar-refractivity contribution is 5.94. The highest BCUT2D eigenvalue weighted by atomic mass is 16.6. The average molecular weight is 782 g/mol. The summed E-state index contributed by atoms with van der Waals surface area (Å²) in [4.78, 5) is 67.5. The van der Waals surface area contributed by atoms with Gasteiger partial charge in [-0.05, 0) is 33.4 Å². The van der Waals surface area contributed by atoms with Crippen molar-refractivity contribution in [3.05, 3.63) is 144 Å². The van der Waals surface area contributed by atoms with E-state index in [1.807, 2.05) is 97.1 Å². The predicted octanol–water partition coefficient (Wildman–Crippen LogP) is 5.47. The van der Waals surface area contributed by atoms with Gasteiger partial charge in [-0.2, -0.15) is 0 Å². The second-order valence-corrected chi connectivity index (χ2v) is 13.8. The van der Waals surface area contributed by atoms with E-state index in [4.69, 9.17) is 18.9 Å². The molecule has 1 aliphatic heterocycles. The monoisotopic (exact) mass is 781 g/mol. The molecule has 58 heavy (non-hydrogen) atoms. The third-order valence-electron chi connectivity index (χ3n) is 10.3. The van der Waals surface area contributed by atoms with Crippen LogP contribution in [0.25, 0.3) is 22.3 Å². The van der Waals surface area contributed by atoms with Gasteiger partial charge in [0.15, 0.2) is 23.1 Å². The Morgan fingerprint density at radius 3 is 2.10 bits per heavy atom. The van der Waals surface area contributed by atoms with Crippen LogP contribution in [0.15, 0.2) is 122 Å². The maximum Gasteiger partial charge on any atom is 0.413 e. The van der Waals surface area contributed by atoms with E-state index in [1.165, 1.54) is 29.2 Å². The highest BCUT2D eigenvalue weighted by Gasteiger charge is 2.39. The van der Waals surface area contributed by atoms with Crippen LogP contribution in [0.5, 0.6) is 0 Å². The Hall–Kier alpha value is -7.13. The quantitative estimate of drug-likeness (QED) is 0.119. The van der Waals surface area contributed by atoms with Gasteiger partial charge in [0.05, 0.1) is 38.7 Å². The van der Waals surface area contributed by atoms with Gasteiger partial charge in [-0.3, -0.25) is 14.9 Å². The first-order valence-electron chi connectivity index (χ1n) is 18.7. The van der Waals surface area contributed by atoms with Crippen LogP contribution in [0.2, 0.25) is 0 Å². The average Bonchev–Trinajstić information content (AvgIpc) is 3.98. The minimum absolute atomic E-state index is 0.0487. The molecule has 1 fully saturated rings. The third kappa shape index (κ3) is 7.93. The lowest BCUT2D eigenvalue weighted by Gasteiger charge is -2.31. The maximum absolute atomic E-state index is 14.0. The molecule has 3 heterocycles. The fraction of sp³-hybridized carbons (Fsp3) is 0.233. The Morgan fingerprint density at radius 1 is 0.810 bits per heavy atom. The number of carbonyl (C=O) groups is 4. The number of benzene rings is 4. The molecule has 3 amide bonds. The number of alkyl carbamates (subject to hydrolysis) is 1. The second kappa shape index (κ2) is 16.9. The maximum atomic E-state index is 14.0. The number of anilines is 1. The lowest BCUT2D eigenvalue weighted by atomic mass is 9.98. The summed E-state index contributed by atoms with van der Waals surface area (Å²) in [5.74, 6) is -1.22. The molecule has 15 heteroatoms. The predicted molar refractivity (Wildman–Crippen MR) is 210 cm³/mol. The molecule has 8 rings (SSSR count). The molecule has 1 aliphatic carbocycles. The van der Waals surface area contributed by atoms with E-state index >= 15 is 0 Å².